The summed E-state index contributed by atoms with van der Waals surface area (Å²) in [5, 5.41) is 27.1. The number of rotatable bonds is 2. The van der Waals surface area contributed by atoms with Gasteiger partial charge in [-0.2, -0.15) is 13.2 Å². The van der Waals surface area contributed by atoms with Crippen LogP contribution in [0.5, 0.6) is 0 Å². The van der Waals surface area contributed by atoms with Crippen molar-refractivity contribution >= 4 is 17.8 Å². The summed E-state index contributed by atoms with van der Waals surface area (Å²) in [5.41, 5.74) is 9.40. The van der Waals surface area contributed by atoms with Gasteiger partial charge in [0.2, 0.25) is 11.6 Å². The summed E-state index contributed by atoms with van der Waals surface area (Å²) in [5.74, 6) is -5.36. The SMILES string of the molecule is C[C@@H]1N=C(N)N2C[C@H](NC(=O)c3ccnc(C(F)(F)F)n3)C(O)(O)[C@@]23NC(N)=N[C@@H]13. The summed E-state index contributed by atoms with van der Waals surface area (Å²) in [7, 11) is 0. The normalized spacial score (nSPS) is 31.9. The Labute approximate surface area is 166 Å². The number of amides is 1. The topological polar surface area (TPSA) is 187 Å². The molecule has 4 rings (SSSR count). The molecule has 3 aliphatic heterocycles. The fourth-order valence-corrected chi connectivity index (χ4v) is 4.08. The van der Waals surface area contributed by atoms with E-state index in [9.17, 15) is 28.2 Å². The number of aliphatic imine (C=N–C) groups is 2. The predicted octanol–water partition coefficient (Wildman–Crippen LogP) is -2.71. The second-order valence-electron chi connectivity index (χ2n) is 7.20. The second-order valence-corrected chi connectivity index (χ2v) is 7.20. The van der Waals surface area contributed by atoms with Crippen LogP contribution in [0.2, 0.25) is 0 Å². The first-order valence-electron chi connectivity index (χ1n) is 8.76. The highest BCUT2D eigenvalue weighted by Gasteiger charge is 2.73. The van der Waals surface area contributed by atoms with E-state index in [0.717, 1.165) is 12.3 Å². The third-order valence-corrected chi connectivity index (χ3v) is 5.38. The van der Waals surface area contributed by atoms with E-state index < -0.39 is 53.2 Å². The summed E-state index contributed by atoms with van der Waals surface area (Å²) < 4.78 is 38.5. The standard InChI is InChI=1S/C15H18F3N9O3/c1-5-8-13(26-11(19)25-8)14(29,30)7(4-27(13)12(20)22-5)24-9(28)6-2-3-21-10(23-6)15(16,17)18/h2-3,5,7-8,29-30H,4H2,1H3,(H2,20,22)(H,24,28)(H3,19,25,26)/t5-,7-,8-,13-/m0/s1. The summed E-state index contributed by atoms with van der Waals surface area (Å²) in [6.45, 7) is 1.42. The van der Waals surface area contributed by atoms with Gasteiger partial charge in [-0.05, 0) is 13.0 Å². The highest BCUT2D eigenvalue weighted by molar-refractivity contribution is 5.93. The van der Waals surface area contributed by atoms with E-state index in [2.05, 4.69) is 30.6 Å². The smallest absolute Gasteiger partial charge is 0.370 e. The molecular formula is C15H18F3N9O3. The maximum atomic E-state index is 12.8. The van der Waals surface area contributed by atoms with E-state index in [-0.39, 0.29) is 18.5 Å². The number of nitrogens with zero attached hydrogens (tertiary/aromatic N) is 5. The second kappa shape index (κ2) is 6.15. The van der Waals surface area contributed by atoms with Crippen molar-refractivity contribution in [2.24, 2.45) is 21.5 Å². The van der Waals surface area contributed by atoms with Gasteiger partial charge in [-0.25, -0.2) is 20.0 Å². The van der Waals surface area contributed by atoms with Crippen molar-refractivity contribution in [2.45, 2.75) is 42.7 Å². The third-order valence-electron chi connectivity index (χ3n) is 5.38. The molecular weight excluding hydrogens is 411 g/mol. The first-order chi connectivity index (χ1) is 13.9. The molecule has 0 saturated carbocycles. The molecule has 1 aromatic rings. The van der Waals surface area contributed by atoms with Gasteiger partial charge in [-0.1, -0.05) is 0 Å². The molecule has 30 heavy (non-hydrogen) atoms. The van der Waals surface area contributed by atoms with Gasteiger partial charge in [0.15, 0.2) is 17.6 Å². The summed E-state index contributed by atoms with van der Waals surface area (Å²) in [6.07, 6.45) is -4.07. The number of halogens is 3. The lowest BCUT2D eigenvalue weighted by Gasteiger charge is -2.48. The van der Waals surface area contributed by atoms with Crippen LogP contribution in [0.4, 0.5) is 13.2 Å². The zero-order valence-corrected chi connectivity index (χ0v) is 15.4. The number of aromatic nitrogens is 2. The number of guanidine groups is 2. The molecule has 0 bridgehead atoms. The molecule has 4 heterocycles. The van der Waals surface area contributed by atoms with Crippen molar-refractivity contribution in [3.63, 3.8) is 0 Å². The lowest BCUT2D eigenvalue weighted by molar-refractivity contribution is -0.230. The number of carbonyl (C=O) groups excluding carboxylic acids is 1. The fraction of sp³-hybridized carbons (Fsp3) is 0.533. The van der Waals surface area contributed by atoms with Crippen LogP contribution in [-0.2, 0) is 6.18 Å². The lowest BCUT2D eigenvalue weighted by atomic mass is 9.85. The van der Waals surface area contributed by atoms with Gasteiger partial charge in [0.25, 0.3) is 5.91 Å². The highest BCUT2D eigenvalue weighted by Crippen LogP contribution is 2.44. The van der Waals surface area contributed by atoms with Crippen molar-refractivity contribution in [2.75, 3.05) is 6.54 Å². The van der Waals surface area contributed by atoms with E-state index in [1.165, 1.54) is 4.90 Å². The number of carbonyl (C=O) groups is 1. The molecule has 1 amide bonds. The minimum atomic E-state index is -4.85. The van der Waals surface area contributed by atoms with E-state index >= 15 is 0 Å². The molecule has 12 nitrogen and oxygen atoms in total. The van der Waals surface area contributed by atoms with Crippen LogP contribution in [0.3, 0.4) is 0 Å². The lowest BCUT2D eigenvalue weighted by Crippen LogP contribution is -2.77. The Kier molecular flexibility index (Phi) is 4.12. The Morgan fingerprint density at radius 3 is 2.73 bits per heavy atom. The Hall–Kier alpha value is -3.20. The van der Waals surface area contributed by atoms with Crippen molar-refractivity contribution in [1.82, 2.24) is 25.5 Å². The molecule has 1 fully saturated rings. The zero-order valence-electron chi connectivity index (χ0n) is 15.4. The summed E-state index contributed by atoms with van der Waals surface area (Å²) >= 11 is 0. The highest BCUT2D eigenvalue weighted by atomic mass is 19.4. The minimum absolute atomic E-state index is 0.0400. The Morgan fingerprint density at radius 1 is 1.37 bits per heavy atom. The molecule has 1 aromatic heterocycles. The fourth-order valence-electron chi connectivity index (χ4n) is 4.08. The van der Waals surface area contributed by atoms with Crippen LogP contribution in [0.15, 0.2) is 22.2 Å². The van der Waals surface area contributed by atoms with E-state index in [0.29, 0.717) is 0 Å². The monoisotopic (exact) mass is 429 g/mol. The van der Waals surface area contributed by atoms with Gasteiger partial charge in [0, 0.05) is 12.7 Å². The largest absolute Gasteiger partial charge is 0.451 e. The molecule has 0 aliphatic carbocycles. The first kappa shape index (κ1) is 20.1. The minimum Gasteiger partial charge on any atom is -0.370 e. The first-order valence-corrected chi connectivity index (χ1v) is 8.76. The molecule has 8 N–H and O–H groups in total. The molecule has 1 spiro atoms. The average Bonchev–Trinajstić information content (AvgIpc) is 3.12. The molecule has 3 aliphatic rings. The average molecular weight is 429 g/mol. The van der Waals surface area contributed by atoms with Crippen molar-refractivity contribution in [3.05, 3.63) is 23.8 Å². The molecule has 15 heteroatoms. The quantitative estimate of drug-likeness (QED) is 0.272. The number of hydrogen-bond acceptors (Lipinski definition) is 11. The van der Waals surface area contributed by atoms with Crippen LogP contribution in [0.1, 0.15) is 23.2 Å². The molecule has 4 atom stereocenters. The summed E-state index contributed by atoms with van der Waals surface area (Å²) in [6, 6.07) is -1.85. The van der Waals surface area contributed by atoms with Gasteiger partial charge < -0.3 is 37.2 Å². The number of hydrogen-bond donors (Lipinski definition) is 6. The Morgan fingerprint density at radius 2 is 2.07 bits per heavy atom. The Bertz CT molecular complexity index is 966. The van der Waals surface area contributed by atoms with Crippen molar-refractivity contribution in [1.29, 1.82) is 0 Å². The maximum Gasteiger partial charge on any atom is 0.451 e. The molecule has 0 unspecified atom stereocenters. The van der Waals surface area contributed by atoms with Crippen molar-refractivity contribution in [3.8, 4) is 0 Å². The van der Waals surface area contributed by atoms with Gasteiger partial charge in [-0.3, -0.25) is 4.79 Å². The predicted molar refractivity (Wildman–Crippen MR) is 94.5 cm³/mol. The maximum absolute atomic E-state index is 12.8. The van der Waals surface area contributed by atoms with Crippen LogP contribution >= 0.6 is 0 Å². The number of alkyl halides is 3. The summed E-state index contributed by atoms with van der Waals surface area (Å²) in [4.78, 5) is 28.5. The van der Waals surface area contributed by atoms with Gasteiger partial charge in [0.1, 0.15) is 17.8 Å². The van der Waals surface area contributed by atoms with Gasteiger partial charge >= 0.3 is 6.18 Å². The van der Waals surface area contributed by atoms with Crippen molar-refractivity contribution < 1.29 is 28.2 Å². The van der Waals surface area contributed by atoms with Crippen LogP contribution in [0.25, 0.3) is 0 Å². The van der Waals surface area contributed by atoms with E-state index in [4.69, 9.17) is 11.5 Å². The van der Waals surface area contributed by atoms with Crippen LogP contribution in [0, 0.1) is 0 Å². The van der Waals surface area contributed by atoms with Gasteiger partial charge in [0.05, 0.1) is 6.04 Å². The Balaban J connectivity index is 1.65. The zero-order chi connectivity index (χ0) is 22.1. The molecule has 1 saturated heterocycles. The third kappa shape index (κ3) is 2.65. The number of nitrogens with two attached hydrogens (primary N) is 2. The van der Waals surface area contributed by atoms with Gasteiger partial charge in [-0.15, -0.1) is 0 Å². The molecule has 0 aromatic carbocycles. The van der Waals surface area contributed by atoms with Crippen LogP contribution < -0.4 is 22.1 Å². The molecule has 162 valence electrons. The number of nitrogens with one attached hydrogen (secondary N) is 2. The molecule has 0 radical (unpaired) electrons. The number of aliphatic hydroxyl groups is 2. The van der Waals surface area contributed by atoms with E-state index in [1.54, 1.807) is 6.92 Å². The van der Waals surface area contributed by atoms with E-state index in [1.807, 2.05) is 0 Å². The van der Waals surface area contributed by atoms with Crippen LogP contribution in [-0.4, -0.2) is 79.0 Å².